The molecule has 2 aromatic heterocycles. The summed E-state index contributed by atoms with van der Waals surface area (Å²) in [5, 5.41) is 3.63. The highest BCUT2D eigenvalue weighted by Crippen LogP contribution is 2.34. The zero-order valence-corrected chi connectivity index (χ0v) is 19.6. The van der Waals surface area contributed by atoms with Crippen molar-refractivity contribution in [3.63, 3.8) is 0 Å². The standard InChI is InChI=1S/C24H24N4OS2/c1-16-9-7-11-22(18(16)3)28(19(4)29)24-26-20(15-31-24)14-30-23-25-12-13-27(23)21-10-6-5-8-17(21)2/h5-13,15H,14H2,1-4H3. The summed E-state index contributed by atoms with van der Waals surface area (Å²) in [5.41, 5.74) is 6.38. The number of nitrogens with zero attached hydrogens (tertiary/aromatic N) is 4. The van der Waals surface area contributed by atoms with Crippen LogP contribution in [0, 0.1) is 20.8 Å². The lowest BCUT2D eigenvalue weighted by atomic mass is 10.1. The van der Waals surface area contributed by atoms with Gasteiger partial charge in [-0.1, -0.05) is 42.1 Å². The molecule has 0 radical (unpaired) electrons. The Morgan fingerprint density at radius 1 is 1.10 bits per heavy atom. The fraction of sp³-hybridized carbons (Fsp3) is 0.208. The number of para-hydroxylation sites is 1. The fourth-order valence-corrected chi connectivity index (χ4v) is 5.25. The number of hydrogen-bond donors (Lipinski definition) is 0. The molecule has 1 amide bonds. The molecule has 0 saturated heterocycles. The molecule has 0 spiro atoms. The van der Waals surface area contributed by atoms with E-state index in [1.165, 1.54) is 16.9 Å². The first-order chi connectivity index (χ1) is 15.0. The Labute approximate surface area is 190 Å². The number of thiazole rings is 1. The Morgan fingerprint density at radius 3 is 2.65 bits per heavy atom. The molecule has 0 aliphatic rings. The van der Waals surface area contributed by atoms with E-state index in [-0.39, 0.29) is 5.91 Å². The molecule has 0 N–H and O–H groups in total. The number of anilines is 2. The lowest BCUT2D eigenvalue weighted by Crippen LogP contribution is -2.23. The van der Waals surface area contributed by atoms with Crippen molar-refractivity contribution < 1.29 is 4.79 Å². The molecule has 2 aromatic carbocycles. The maximum Gasteiger partial charge on any atom is 0.230 e. The fourth-order valence-electron chi connectivity index (χ4n) is 3.40. The maximum absolute atomic E-state index is 12.5. The van der Waals surface area contributed by atoms with Crippen LogP contribution in [0.4, 0.5) is 10.8 Å². The van der Waals surface area contributed by atoms with E-state index in [2.05, 4.69) is 41.6 Å². The number of imidazole rings is 1. The first-order valence-electron chi connectivity index (χ1n) is 9.99. The van der Waals surface area contributed by atoms with Crippen molar-refractivity contribution in [2.75, 3.05) is 4.90 Å². The molecule has 2 heterocycles. The van der Waals surface area contributed by atoms with Crippen molar-refractivity contribution in [1.29, 1.82) is 0 Å². The minimum absolute atomic E-state index is 0.0441. The van der Waals surface area contributed by atoms with Crippen LogP contribution in [0.2, 0.25) is 0 Å². The van der Waals surface area contributed by atoms with Crippen LogP contribution in [-0.4, -0.2) is 20.4 Å². The molecule has 4 aromatic rings. The summed E-state index contributed by atoms with van der Waals surface area (Å²) in [5.74, 6) is 0.634. The highest BCUT2D eigenvalue weighted by molar-refractivity contribution is 7.98. The van der Waals surface area contributed by atoms with E-state index >= 15 is 0 Å². The number of amides is 1. The molecule has 0 aliphatic carbocycles. The van der Waals surface area contributed by atoms with Crippen molar-refractivity contribution in [1.82, 2.24) is 14.5 Å². The topological polar surface area (TPSA) is 51.0 Å². The molecule has 0 atom stereocenters. The van der Waals surface area contributed by atoms with Gasteiger partial charge in [0, 0.05) is 30.5 Å². The number of carbonyl (C=O) groups excluding carboxylic acids is 1. The van der Waals surface area contributed by atoms with Crippen molar-refractivity contribution >= 4 is 39.8 Å². The third-order valence-corrected chi connectivity index (χ3v) is 7.07. The van der Waals surface area contributed by atoms with Gasteiger partial charge < -0.3 is 0 Å². The van der Waals surface area contributed by atoms with Crippen molar-refractivity contribution in [2.45, 2.75) is 38.6 Å². The third-order valence-electron chi connectivity index (χ3n) is 5.19. The summed E-state index contributed by atoms with van der Waals surface area (Å²) in [7, 11) is 0. The van der Waals surface area contributed by atoms with Gasteiger partial charge >= 0.3 is 0 Å². The summed E-state index contributed by atoms with van der Waals surface area (Å²) >= 11 is 3.13. The van der Waals surface area contributed by atoms with Crippen molar-refractivity contribution in [2.24, 2.45) is 0 Å². The smallest absolute Gasteiger partial charge is 0.230 e. The van der Waals surface area contributed by atoms with Gasteiger partial charge in [-0.25, -0.2) is 9.97 Å². The predicted molar refractivity (Wildman–Crippen MR) is 129 cm³/mol. The van der Waals surface area contributed by atoms with Crippen LogP contribution < -0.4 is 4.90 Å². The maximum atomic E-state index is 12.5. The predicted octanol–water partition coefficient (Wildman–Crippen LogP) is 6.23. The summed E-state index contributed by atoms with van der Waals surface area (Å²) in [6.45, 7) is 7.77. The Bertz CT molecular complexity index is 1230. The molecule has 0 aliphatic heterocycles. The minimum atomic E-state index is -0.0441. The molecule has 4 rings (SSSR count). The summed E-state index contributed by atoms with van der Waals surface area (Å²) < 4.78 is 2.10. The molecular weight excluding hydrogens is 424 g/mol. The van der Waals surface area contributed by atoms with Gasteiger partial charge in [-0.3, -0.25) is 14.3 Å². The minimum Gasteiger partial charge on any atom is -0.295 e. The Morgan fingerprint density at radius 2 is 1.87 bits per heavy atom. The Kier molecular flexibility index (Phi) is 6.25. The Hall–Kier alpha value is -2.90. The number of aryl methyl sites for hydroxylation is 2. The largest absolute Gasteiger partial charge is 0.295 e. The lowest BCUT2D eigenvalue weighted by Gasteiger charge is -2.21. The average molecular weight is 449 g/mol. The SMILES string of the molecule is CC(=O)N(c1nc(CSc2nccn2-c2ccccc2C)cs1)c1cccc(C)c1C. The second-order valence-corrected chi connectivity index (χ2v) is 9.13. The van der Waals surface area contributed by atoms with Crippen LogP contribution >= 0.6 is 23.1 Å². The molecule has 5 nitrogen and oxygen atoms in total. The summed E-state index contributed by atoms with van der Waals surface area (Å²) in [4.78, 5) is 23.5. The summed E-state index contributed by atoms with van der Waals surface area (Å²) in [6.07, 6.45) is 3.80. The van der Waals surface area contributed by atoms with Gasteiger partial charge in [-0.05, 0) is 49.6 Å². The molecule has 0 bridgehead atoms. The van der Waals surface area contributed by atoms with E-state index in [1.807, 2.05) is 49.0 Å². The van der Waals surface area contributed by atoms with E-state index in [9.17, 15) is 4.79 Å². The van der Waals surface area contributed by atoms with Gasteiger partial charge in [0.05, 0.1) is 17.1 Å². The Balaban J connectivity index is 1.55. The van der Waals surface area contributed by atoms with Crippen LogP contribution in [0.1, 0.15) is 29.3 Å². The summed E-state index contributed by atoms with van der Waals surface area (Å²) in [6, 6.07) is 14.3. The van der Waals surface area contributed by atoms with Gasteiger partial charge in [0.15, 0.2) is 10.3 Å². The first kappa shape index (κ1) is 21.3. The van der Waals surface area contributed by atoms with E-state index in [4.69, 9.17) is 4.98 Å². The lowest BCUT2D eigenvalue weighted by molar-refractivity contribution is -0.115. The van der Waals surface area contributed by atoms with E-state index in [0.29, 0.717) is 10.9 Å². The zero-order valence-electron chi connectivity index (χ0n) is 18.0. The second-order valence-electron chi connectivity index (χ2n) is 7.35. The molecule has 0 fully saturated rings. The first-order valence-corrected chi connectivity index (χ1v) is 11.9. The number of rotatable bonds is 6. The number of benzene rings is 2. The normalized spacial score (nSPS) is 11.0. The number of hydrogen-bond acceptors (Lipinski definition) is 5. The van der Waals surface area contributed by atoms with E-state index in [1.54, 1.807) is 23.6 Å². The second kappa shape index (κ2) is 9.08. The van der Waals surface area contributed by atoms with Gasteiger partial charge in [-0.15, -0.1) is 11.3 Å². The van der Waals surface area contributed by atoms with Crippen LogP contribution in [-0.2, 0) is 10.5 Å². The molecular formula is C24H24N4OS2. The molecule has 7 heteroatoms. The number of carbonyl (C=O) groups is 1. The number of thioether (sulfide) groups is 1. The molecule has 0 saturated carbocycles. The molecule has 158 valence electrons. The highest BCUT2D eigenvalue weighted by Gasteiger charge is 2.20. The van der Waals surface area contributed by atoms with Crippen molar-refractivity contribution in [3.05, 3.63) is 82.6 Å². The van der Waals surface area contributed by atoms with Crippen LogP contribution in [0.25, 0.3) is 5.69 Å². The van der Waals surface area contributed by atoms with Crippen LogP contribution in [0.15, 0.2) is 65.4 Å². The highest BCUT2D eigenvalue weighted by atomic mass is 32.2. The average Bonchev–Trinajstić information content (AvgIpc) is 3.39. The van der Waals surface area contributed by atoms with E-state index in [0.717, 1.165) is 33.4 Å². The monoisotopic (exact) mass is 448 g/mol. The van der Waals surface area contributed by atoms with Gasteiger partial charge in [0.25, 0.3) is 0 Å². The van der Waals surface area contributed by atoms with Crippen molar-refractivity contribution in [3.8, 4) is 5.69 Å². The van der Waals surface area contributed by atoms with Gasteiger partial charge in [-0.2, -0.15) is 0 Å². The zero-order chi connectivity index (χ0) is 22.0. The van der Waals surface area contributed by atoms with Crippen LogP contribution in [0.3, 0.4) is 0 Å². The van der Waals surface area contributed by atoms with Gasteiger partial charge in [0.1, 0.15) is 0 Å². The van der Waals surface area contributed by atoms with E-state index < -0.39 is 0 Å². The third kappa shape index (κ3) is 4.43. The number of aromatic nitrogens is 3. The molecule has 31 heavy (non-hydrogen) atoms. The van der Waals surface area contributed by atoms with Crippen LogP contribution in [0.5, 0.6) is 0 Å². The molecule has 0 unspecified atom stereocenters. The quantitative estimate of drug-likeness (QED) is 0.328. The van der Waals surface area contributed by atoms with Gasteiger partial charge in [0.2, 0.25) is 5.91 Å².